The third kappa shape index (κ3) is 2.14. The van der Waals surface area contributed by atoms with E-state index in [9.17, 15) is 8.42 Å². The number of sulfonamides is 1. The zero-order chi connectivity index (χ0) is 10.7. The standard InChI is InChI=1S/C8H12N4O2S/c13-15(14,8-10-2-1-3-11-8)12-6-4-9-5-7-12/h1-3,9H,4-7H2. The summed E-state index contributed by atoms with van der Waals surface area (Å²) in [5.74, 6) is 0. The first-order valence-corrected chi connectivity index (χ1v) is 6.13. The molecule has 2 heterocycles. The maximum absolute atomic E-state index is 12.0. The van der Waals surface area contributed by atoms with Crippen LogP contribution in [0.1, 0.15) is 0 Å². The number of nitrogens with zero attached hydrogens (tertiary/aromatic N) is 3. The van der Waals surface area contributed by atoms with Crippen LogP contribution >= 0.6 is 0 Å². The van der Waals surface area contributed by atoms with Crippen LogP contribution in [0.25, 0.3) is 0 Å². The second-order valence-electron chi connectivity index (χ2n) is 3.19. The summed E-state index contributed by atoms with van der Waals surface area (Å²) in [6.45, 7) is 2.29. The monoisotopic (exact) mass is 228 g/mol. The average molecular weight is 228 g/mol. The van der Waals surface area contributed by atoms with Gasteiger partial charge in [0.1, 0.15) is 0 Å². The molecule has 2 rings (SSSR count). The predicted octanol–water partition coefficient (Wildman–Crippen LogP) is -0.929. The number of rotatable bonds is 2. The summed E-state index contributed by atoms with van der Waals surface area (Å²) < 4.78 is 25.3. The molecule has 0 radical (unpaired) electrons. The highest BCUT2D eigenvalue weighted by molar-refractivity contribution is 7.88. The summed E-state index contributed by atoms with van der Waals surface area (Å²) in [7, 11) is -3.49. The molecule has 1 aromatic rings. The molecule has 6 nitrogen and oxygen atoms in total. The zero-order valence-electron chi connectivity index (χ0n) is 8.13. The molecular weight excluding hydrogens is 216 g/mol. The first kappa shape index (κ1) is 10.5. The Balaban J connectivity index is 2.26. The van der Waals surface area contributed by atoms with Gasteiger partial charge in [0, 0.05) is 38.6 Å². The molecule has 0 spiro atoms. The molecular formula is C8H12N4O2S. The quantitative estimate of drug-likeness (QED) is 0.662. The van der Waals surface area contributed by atoms with Gasteiger partial charge in [-0.3, -0.25) is 0 Å². The molecule has 7 heteroatoms. The molecule has 0 bridgehead atoms. The first-order valence-electron chi connectivity index (χ1n) is 4.69. The largest absolute Gasteiger partial charge is 0.314 e. The van der Waals surface area contributed by atoms with Crippen LogP contribution in [0.5, 0.6) is 0 Å². The van der Waals surface area contributed by atoms with Crippen LogP contribution in [0.3, 0.4) is 0 Å². The van der Waals surface area contributed by atoms with Crippen molar-refractivity contribution < 1.29 is 8.42 Å². The van der Waals surface area contributed by atoms with Gasteiger partial charge in [0.25, 0.3) is 15.2 Å². The molecule has 1 aliphatic rings. The SMILES string of the molecule is O=S(=O)(c1ncccn1)N1CCNCC1. The lowest BCUT2D eigenvalue weighted by Gasteiger charge is -2.25. The fourth-order valence-electron chi connectivity index (χ4n) is 1.42. The number of aromatic nitrogens is 2. The summed E-state index contributed by atoms with van der Waals surface area (Å²) in [6.07, 6.45) is 2.87. The fraction of sp³-hybridized carbons (Fsp3) is 0.500. The van der Waals surface area contributed by atoms with Gasteiger partial charge in [-0.1, -0.05) is 0 Å². The van der Waals surface area contributed by atoms with Crippen LogP contribution in [0.4, 0.5) is 0 Å². The molecule has 1 aromatic heterocycles. The third-order valence-electron chi connectivity index (χ3n) is 2.19. The Morgan fingerprint density at radius 1 is 1.20 bits per heavy atom. The Morgan fingerprint density at radius 2 is 1.80 bits per heavy atom. The summed E-state index contributed by atoms with van der Waals surface area (Å²) in [5.41, 5.74) is 0. The Labute approximate surface area is 88.4 Å². The maximum Gasteiger partial charge on any atom is 0.278 e. The molecule has 1 aliphatic heterocycles. The Kier molecular flexibility index (Phi) is 2.94. The van der Waals surface area contributed by atoms with Crippen molar-refractivity contribution >= 4 is 10.0 Å². The highest BCUT2D eigenvalue weighted by atomic mass is 32.2. The van der Waals surface area contributed by atoms with Crippen molar-refractivity contribution in [1.29, 1.82) is 0 Å². The summed E-state index contributed by atoms with van der Waals surface area (Å²) in [5, 5.41) is 2.97. The van der Waals surface area contributed by atoms with Gasteiger partial charge >= 0.3 is 0 Å². The summed E-state index contributed by atoms with van der Waals surface area (Å²) >= 11 is 0. The van der Waals surface area contributed by atoms with Gasteiger partial charge in [-0.2, -0.15) is 4.31 Å². The molecule has 1 fully saturated rings. The van der Waals surface area contributed by atoms with E-state index in [4.69, 9.17) is 0 Å². The fourth-order valence-corrected chi connectivity index (χ4v) is 2.70. The smallest absolute Gasteiger partial charge is 0.278 e. The van der Waals surface area contributed by atoms with Crippen LogP contribution < -0.4 is 5.32 Å². The molecule has 82 valence electrons. The van der Waals surface area contributed by atoms with Gasteiger partial charge in [0.05, 0.1) is 0 Å². The maximum atomic E-state index is 12.0. The van der Waals surface area contributed by atoms with E-state index in [0.717, 1.165) is 0 Å². The normalized spacial score (nSPS) is 18.9. The van der Waals surface area contributed by atoms with E-state index in [0.29, 0.717) is 26.2 Å². The minimum atomic E-state index is -3.49. The second kappa shape index (κ2) is 4.21. The molecule has 0 aromatic carbocycles. The van der Waals surface area contributed by atoms with Gasteiger partial charge in [0.15, 0.2) is 0 Å². The van der Waals surface area contributed by atoms with E-state index in [-0.39, 0.29) is 5.16 Å². The number of nitrogens with one attached hydrogen (secondary N) is 1. The molecule has 15 heavy (non-hydrogen) atoms. The van der Waals surface area contributed by atoms with Crippen LogP contribution in [-0.2, 0) is 10.0 Å². The Bertz CT molecular complexity index is 414. The van der Waals surface area contributed by atoms with Crippen molar-refractivity contribution in [3.8, 4) is 0 Å². The number of hydrogen-bond donors (Lipinski definition) is 1. The topological polar surface area (TPSA) is 75.2 Å². The van der Waals surface area contributed by atoms with Crippen molar-refractivity contribution in [2.24, 2.45) is 0 Å². The highest BCUT2D eigenvalue weighted by Gasteiger charge is 2.27. The Hall–Kier alpha value is -1.05. The second-order valence-corrected chi connectivity index (χ2v) is 5.02. The van der Waals surface area contributed by atoms with Crippen molar-refractivity contribution in [3.05, 3.63) is 18.5 Å². The van der Waals surface area contributed by atoms with Crippen molar-refractivity contribution in [3.63, 3.8) is 0 Å². The first-order chi connectivity index (χ1) is 7.21. The molecule has 0 saturated carbocycles. The number of hydrogen-bond acceptors (Lipinski definition) is 5. The van der Waals surface area contributed by atoms with Gasteiger partial charge in [-0.25, -0.2) is 18.4 Å². The lowest BCUT2D eigenvalue weighted by atomic mass is 10.4. The van der Waals surface area contributed by atoms with Crippen LogP contribution in [0.2, 0.25) is 0 Å². The summed E-state index contributed by atoms with van der Waals surface area (Å²) in [4.78, 5) is 7.53. The van der Waals surface area contributed by atoms with Crippen LogP contribution in [0.15, 0.2) is 23.6 Å². The van der Waals surface area contributed by atoms with Gasteiger partial charge < -0.3 is 5.32 Å². The minimum Gasteiger partial charge on any atom is -0.314 e. The minimum absolute atomic E-state index is 0.119. The number of piperazine rings is 1. The molecule has 0 aliphatic carbocycles. The molecule has 0 unspecified atom stereocenters. The van der Waals surface area contributed by atoms with E-state index in [1.807, 2.05) is 0 Å². The third-order valence-corrected chi connectivity index (χ3v) is 3.91. The molecule has 1 saturated heterocycles. The molecule has 0 amide bonds. The predicted molar refractivity (Wildman–Crippen MR) is 53.7 cm³/mol. The average Bonchev–Trinajstić information content (AvgIpc) is 2.31. The zero-order valence-corrected chi connectivity index (χ0v) is 8.94. The van der Waals surface area contributed by atoms with E-state index >= 15 is 0 Å². The Morgan fingerprint density at radius 3 is 2.40 bits per heavy atom. The van der Waals surface area contributed by atoms with Crippen molar-refractivity contribution in [1.82, 2.24) is 19.6 Å². The highest BCUT2D eigenvalue weighted by Crippen LogP contribution is 2.10. The lowest BCUT2D eigenvalue weighted by Crippen LogP contribution is -2.46. The van der Waals surface area contributed by atoms with Gasteiger partial charge in [-0.15, -0.1) is 0 Å². The molecule has 1 N–H and O–H groups in total. The van der Waals surface area contributed by atoms with Crippen molar-refractivity contribution in [2.75, 3.05) is 26.2 Å². The van der Waals surface area contributed by atoms with E-state index in [1.54, 1.807) is 6.07 Å². The van der Waals surface area contributed by atoms with Crippen LogP contribution in [0, 0.1) is 0 Å². The lowest BCUT2D eigenvalue weighted by molar-refractivity contribution is 0.357. The summed E-state index contributed by atoms with van der Waals surface area (Å²) in [6, 6.07) is 1.59. The molecule has 0 atom stereocenters. The van der Waals surface area contributed by atoms with Crippen LogP contribution in [-0.4, -0.2) is 48.9 Å². The van der Waals surface area contributed by atoms with Crippen molar-refractivity contribution in [2.45, 2.75) is 5.16 Å². The van der Waals surface area contributed by atoms with E-state index < -0.39 is 10.0 Å². The van der Waals surface area contributed by atoms with E-state index in [2.05, 4.69) is 15.3 Å². The van der Waals surface area contributed by atoms with Gasteiger partial charge in [0.2, 0.25) is 0 Å². The van der Waals surface area contributed by atoms with Gasteiger partial charge in [-0.05, 0) is 6.07 Å². The van der Waals surface area contributed by atoms with E-state index in [1.165, 1.54) is 16.7 Å².